The first-order valence-corrected chi connectivity index (χ1v) is 8.96. The van der Waals surface area contributed by atoms with E-state index in [0.29, 0.717) is 18.0 Å². The number of hydrogen-bond acceptors (Lipinski definition) is 4. The number of allylic oxidation sites excluding steroid dienone is 2. The number of nitrogens with one attached hydrogen (secondary N) is 1. The van der Waals surface area contributed by atoms with E-state index in [1.54, 1.807) is 30.5 Å². The zero-order valence-corrected chi connectivity index (χ0v) is 14.6. The fraction of sp³-hybridized carbons (Fsp3) is 0.286. The third kappa shape index (κ3) is 3.56. The van der Waals surface area contributed by atoms with Crippen molar-refractivity contribution in [3.05, 3.63) is 66.5 Å². The van der Waals surface area contributed by atoms with E-state index < -0.39 is 17.8 Å². The molecule has 1 aromatic heterocycles. The van der Waals surface area contributed by atoms with Gasteiger partial charge in [-0.25, -0.2) is 0 Å². The van der Waals surface area contributed by atoms with Gasteiger partial charge in [0.05, 0.1) is 17.5 Å². The molecule has 0 spiro atoms. The molecule has 2 aliphatic rings. The zero-order valence-electron chi connectivity index (χ0n) is 14.6. The molecular weight excluding hydrogens is 344 g/mol. The number of rotatable bonds is 6. The van der Waals surface area contributed by atoms with E-state index in [1.807, 2.05) is 30.4 Å². The fourth-order valence-corrected chi connectivity index (χ4v) is 4.05. The average molecular weight is 364 g/mol. The summed E-state index contributed by atoms with van der Waals surface area (Å²) in [5.74, 6) is -1.77. The second-order valence-electron chi connectivity index (χ2n) is 6.96. The Morgan fingerprint density at radius 3 is 2.67 bits per heavy atom. The molecular formula is C21H20N2O4. The van der Waals surface area contributed by atoms with Gasteiger partial charge in [-0.05, 0) is 42.5 Å². The van der Waals surface area contributed by atoms with Crippen LogP contribution in [0.15, 0.2) is 60.8 Å². The van der Waals surface area contributed by atoms with Crippen molar-refractivity contribution in [2.75, 3.05) is 5.32 Å². The van der Waals surface area contributed by atoms with Crippen molar-refractivity contribution in [3.63, 3.8) is 0 Å². The predicted molar refractivity (Wildman–Crippen MR) is 99.0 cm³/mol. The normalized spacial score (nSPS) is 25.3. The molecule has 1 aromatic carbocycles. The van der Waals surface area contributed by atoms with Gasteiger partial charge in [-0.3, -0.25) is 14.6 Å². The van der Waals surface area contributed by atoms with Crippen LogP contribution in [0.2, 0.25) is 0 Å². The molecule has 2 N–H and O–H groups in total. The standard InChI is InChI=1S/C21H20N2O4/c24-20(18-13-7-8-14(10-13)19(18)21(25)26)23-15-5-3-6-17(11-15)27-12-16-4-1-2-9-22-16/h1-9,11,13-14,18-19H,10,12H2,(H,23,24)(H,25,26)/t13-,14-,18+,19+/m0/s1. The predicted octanol–water partition coefficient (Wildman–Crippen LogP) is 3.12. The minimum absolute atomic E-state index is 0.000289. The third-order valence-corrected chi connectivity index (χ3v) is 5.26. The van der Waals surface area contributed by atoms with Crippen LogP contribution in [0, 0.1) is 23.7 Å². The summed E-state index contributed by atoms with van der Waals surface area (Å²) in [4.78, 5) is 28.6. The number of carbonyl (C=O) groups excluding carboxylic acids is 1. The van der Waals surface area contributed by atoms with E-state index in [-0.39, 0.29) is 17.7 Å². The Bertz CT molecular complexity index is 881. The fourth-order valence-electron chi connectivity index (χ4n) is 4.05. The van der Waals surface area contributed by atoms with Crippen molar-refractivity contribution in [3.8, 4) is 5.75 Å². The van der Waals surface area contributed by atoms with Crippen LogP contribution in [0.4, 0.5) is 5.69 Å². The number of benzene rings is 1. The maximum atomic E-state index is 12.8. The largest absolute Gasteiger partial charge is 0.487 e. The van der Waals surface area contributed by atoms with Gasteiger partial charge < -0.3 is 15.2 Å². The lowest BCUT2D eigenvalue weighted by molar-refractivity contribution is -0.146. The Labute approximate surface area is 156 Å². The maximum Gasteiger partial charge on any atom is 0.307 e. The number of carboxylic acid groups (broad SMARTS) is 1. The van der Waals surface area contributed by atoms with Crippen LogP contribution >= 0.6 is 0 Å². The molecule has 4 atom stereocenters. The summed E-state index contributed by atoms with van der Waals surface area (Å²) in [5, 5.41) is 12.4. The Hall–Kier alpha value is -3.15. The van der Waals surface area contributed by atoms with Gasteiger partial charge >= 0.3 is 5.97 Å². The van der Waals surface area contributed by atoms with Gasteiger partial charge in [0.1, 0.15) is 12.4 Å². The maximum absolute atomic E-state index is 12.8. The molecule has 1 saturated carbocycles. The topological polar surface area (TPSA) is 88.5 Å². The molecule has 2 bridgehead atoms. The van der Waals surface area contributed by atoms with Crippen molar-refractivity contribution in [2.24, 2.45) is 23.7 Å². The molecule has 6 heteroatoms. The van der Waals surface area contributed by atoms with Crippen molar-refractivity contribution >= 4 is 17.6 Å². The lowest BCUT2D eigenvalue weighted by atomic mass is 9.82. The number of anilines is 1. The molecule has 2 aromatic rings. The summed E-state index contributed by atoms with van der Waals surface area (Å²) in [6.07, 6.45) is 6.35. The van der Waals surface area contributed by atoms with Crippen molar-refractivity contribution in [2.45, 2.75) is 13.0 Å². The lowest BCUT2D eigenvalue weighted by Gasteiger charge is -2.24. The highest BCUT2D eigenvalue weighted by atomic mass is 16.5. The number of aromatic nitrogens is 1. The number of ether oxygens (including phenoxy) is 1. The van der Waals surface area contributed by atoms with Crippen LogP contribution < -0.4 is 10.1 Å². The summed E-state index contributed by atoms with van der Waals surface area (Å²) in [7, 11) is 0. The van der Waals surface area contributed by atoms with Crippen LogP contribution in [-0.4, -0.2) is 22.0 Å². The molecule has 1 heterocycles. The van der Waals surface area contributed by atoms with E-state index in [1.165, 1.54) is 0 Å². The van der Waals surface area contributed by atoms with Crippen LogP contribution in [-0.2, 0) is 16.2 Å². The van der Waals surface area contributed by atoms with Crippen LogP contribution in [0.1, 0.15) is 12.1 Å². The SMILES string of the molecule is O=C(O)[C@H]1[C@H](C(=O)Nc2cccc(OCc3ccccn3)c2)[C@H]2C=C[C@H]1C2. The number of carbonyl (C=O) groups is 2. The van der Waals surface area contributed by atoms with Gasteiger partial charge in [-0.2, -0.15) is 0 Å². The van der Waals surface area contributed by atoms with Crippen molar-refractivity contribution < 1.29 is 19.4 Å². The third-order valence-electron chi connectivity index (χ3n) is 5.26. The zero-order chi connectivity index (χ0) is 18.8. The van der Waals surface area contributed by atoms with Gasteiger partial charge in [0.2, 0.25) is 5.91 Å². The summed E-state index contributed by atoms with van der Waals surface area (Å²) < 4.78 is 5.73. The molecule has 0 unspecified atom stereocenters. The van der Waals surface area contributed by atoms with E-state index >= 15 is 0 Å². The van der Waals surface area contributed by atoms with Gasteiger partial charge in [0, 0.05) is 18.0 Å². The average Bonchev–Trinajstić information content (AvgIpc) is 3.29. The van der Waals surface area contributed by atoms with E-state index in [0.717, 1.165) is 12.1 Å². The summed E-state index contributed by atoms with van der Waals surface area (Å²) in [6.45, 7) is 0.330. The molecule has 0 saturated heterocycles. The van der Waals surface area contributed by atoms with Gasteiger partial charge in [0.15, 0.2) is 0 Å². The monoisotopic (exact) mass is 364 g/mol. The first-order valence-electron chi connectivity index (χ1n) is 8.96. The number of fused-ring (bicyclic) bond motifs is 2. The highest BCUT2D eigenvalue weighted by Crippen LogP contribution is 2.48. The number of carboxylic acids is 1. The van der Waals surface area contributed by atoms with Gasteiger partial charge in [-0.15, -0.1) is 0 Å². The first-order chi connectivity index (χ1) is 13.1. The minimum Gasteiger partial charge on any atom is -0.487 e. The second-order valence-corrected chi connectivity index (χ2v) is 6.96. The second kappa shape index (κ2) is 7.23. The molecule has 1 fully saturated rings. The highest BCUT2D eigenvalue weighted by molar-refractivity contribution is 5.96. The quantitative estimate of drug-likeness (QED) is 0.769. The molecule has 6 nitrogen and oxygen atoms in total. The Balaban J connectivity index is 1.43. The number of nitrogens with zero attached hydrogens (tertiary/aromatic N) is 1. The van der Waals surface area contributed by atoms with Crippen LogP contribution in [0.25, 0.3) is 0 Å². The molecule has 138 valence electrons. The molecule has 0 aliphatic heterocycles. The number of aliphatic carboxylic acids is 1. The molecule has 0 radical (unpaired) electrons. The molecule has 4 rings (SSSR count). The van der Waals surface area contributed by atoms with Gasteiger partial charge in [0.25, 0.3) is 0 Å². The number of hydrogen-bond donors (Lipinski definition) is 2. The summed E-state index contributed by atoms with van der Waals surface area (Å²) in [5.41, 5.74) is 1.40. The Kier molecular flexibility index (Phi) is 4.62. The van der Waals surface area contributed by atoms with Crippen LogP contribution in [0.5, 0.6) is 5.75 Å². The Morgan fingerprint density at radius 2 is 1.93 bits per heavy atom. The highest BCUT2D eigenvalue weighted by Gasteiger charge is 2.51. The van der Waals surface area contributed by atoms with E-state index in [9.17, 15) is 14.7 Å². The molecule has 27 heavy (non-hydrogen) atoms. The van der Waals surface area contributed by atoms with Crippen molar-refractivity contribution in [1.82, 2.24) is 4.98 Å². The molecule has 1 amide bonds. The number of amides is 1. The lowest BCUT2D eigenvalue weighted by Crippen LogP contribution is -2.36. The van der Waals surface area contributed by atoms with Gasteiger partial charge in [-0.1, -0.05) is 24.3 Å². The first kappa shape index (κ1) is 17.3. The van der Waals surface area contributed by atoms with E-state index in [2.05, 4.69) is 10.3 Å². The van der Waals surface area contributed by atoms with Crippen LogP contribution in [0.3, 0.4) is 0 Å². The summed E-state index contributed by atoms with van der Waals surface area (Å²) in [6, 6.07) is 12.7. The smallest absolute Gasteiger partial charge is 0.307 e. The Morgan fingerprint density at radius 1 is 1.11 bits per heavy atom. The summed E-state index contributed by atoms with van der Waals surface area (Å²) >= 11 is 0. The number of pyridine rings is 1. The minimum atomic E-state index is -0.903. The van der Waals surface area contributed by atoms with Crippen molar-refractivity contribution in [1.29, 1.82) is 0 Å². The molecule has 2 aliphatic carbocycles. The van der Waals surface area contributed by atoms with E-state index in [4.69, 9.17) is 4.74 Å².